The van der Waals surface area contributed by atoms with Gasteiger partial charge in [-0.05, 0) is 24.1 Å². The van der Waals surface area contributed by atoms with Gasteiger partial charge in [0, 0.05) is 25.8 Å². The molecule has 0 fully saturated rings. The molecule has 2 rings (SSSR count). The molecule has 0 saturated carbocycles. The van der Waals surface area contributed by atoms with Crippen molar-refractivity contribution in [3.63, 3.8) is 0 Å². The van der Waals surface area contributed by atoms with E-state index in [9.17, 15) is 15.4 Å². The first-order valence-electron chi connectivity index (χ1n) is 7.21. The van der Waals surface area contributed by atoms with E-state index in [0.29, 0.717) is 17.8 Å². The van der Waals surface area contributed by atoms with Gasteiger partial charge < -0.3 is 10.4 Å². The zero-order valence-corrected chi connectivity index (χ0v) is 14.0. The summed E-state index contributed by atoms with van der Waals surface area (Å²) in [5, 5.41) is 40.0. The lowest BCUT2D eigenvalue weighted by Crippen LogP contribution is -1.94. The molecule has 0 aliphatic carbocycles. The number of nitro benzene ring substituents is 1. The summed E-state index contributed by atoms with van der Waals surface area (Å²) in [4.78, 5) is 10.2. The highest BCUT2D eigenvalue weighted by atomic mass is 35.5. The number of nitrogens with zero attached hydrogens (tertiary/aromatic N) is 4. The third kappa shape index (κ3) is 4.29. The van der Waals surface area contributed by atoms with Crippen molar-refractivity contribution in [1.82, 2.24) is 0 Å². The van der Waals surface area contributed by atoms with Crippen LogP contribution >= 0.6 is 11.6 Å². The first-order valence-corrected chi connectivity index (χ1v) is 7.59. The van der Waals surface area contributed by atoms with Crippen molar-refractivity contribution in [3.8, 4) is 6.07 Å². The van der Waals surface area contributed by atoms with Gasteiger partial charge in [0.2, 0.25) is 0 Å². The van der Waals surface area contributed by atoms with Crippen LogP contribution in [0.2, 0.25) is 5.02 Å². The van der Waals surface area contributed by atoms with Crippen LogP contribution in [-0.4, -0.2) is 23.7 Å². The van der Waals surface area contributed by atoms with Crippen molar-refractivity contribution >= 4 is 34.4 Å². The van der Waals surface area contributed by atoms with Gasteiger partial charge in [0.25, 0.3) is 5.69 Å². The Hall–Kier alpha value is -3.02. The van der Waals surface area contributed by atoms with Crippen molar-refractivity contribution in [2.45, 2.75) is 6.42 Å². The Balaban J connectivity index is 2.43. The zero-order valence-electron chi connectivity index (χ0n) is 13.2. The molecule has 9 heteroatoms. The van der Waals surface area contributed by atoms with Crippen molar-refractivity contribution in [3.05, 3.63) is 56.6 Å². The van der Waals surface area contributed by atoms with Crippen molar-refractivity contribution in [2.75, 3.05) is 19.0 Å². The number of nitriles is 1. The average Bonchev–Trinajstić information content (AvgIpc) is 2.60. The van der Waals surface area contributed by atoms with E-state index in [1.165, 1.54) is 0 Å². The number of benzene rings is 2. The van der Waals surface area contributed by atoms with E-state index < -0.39 is 4.92 Å². The molecule has 0 amide bonds. The highest BCUT2D eigenvalue weighted by Gasteiger charge is 2.15. The average molecular weight is 360 g/mol. The van der Waals surface area contributed by atoms with E-state index in [4.69, 9.17) is 16.7 Å². The zero-order chi connectivity index (χ0) is 18.4. The topological polar surface area (TPSA) is 124 Å². The molecule has 0 radical (unpaired) electrons. The summed E-state index contributed by atoms with van der Waals surface area (Å²) in [6, 6.07) is 9.40. The molecule has 0 saturated heterocycles. The van der Waals surface area contributed by atoms with Crippen LogP contribution in [-0.2, 0) is 6.42 Å². The molecule has 0 spiro atoms. The first-order chi connectivity index (χ1) is 12.0. The second kappa shape index (κ2) is 8.19. The number of aliphatic hydroxyl groups excluding tert-OH is 1. The summed E-state index contributed by atoms with van der Waals surface area (Å²) < 4.78 is 0. The summed E-state index contributed by atoms with van der Waals surface area (Å²) in [5.74, 6) is 0. The molecule has 2 aromatic rings. The number of nitrogens with one attached hydrogen (secondary N) is 1. The molecule has 0 aromatic heterocycles. The van der Waals surface area contributed by atoms with Gasteiger partial charge in [0.15, 0.2) is 0 Å². The van der Waals surface area contributed by atoms with E-state index in [2.05, 4.69) is 15.5 Å². The molecule has 0 bridgehead atoms. The van der Waals surface area contributed by atoms with Gasteiger partial charge in [-0.3, -0.25) is 10.1 Å². The van der Waals surface area contributed by atoms with Crippen LogP contribution in [0.5, 0.6) is 0 Å². The molecule has 25 heavy (non-hydrogen) atoms. The smallest absolute Gasteiger partial charge is 0.272 e. The fraction of sp³-hybridized carbons (Fsp3) is 0.188. The Morgan fingerprint density at radius 3 is 2.72 bits per heavy atom. The largest absolute Gasteiger partial charge is 0.396 e. The maximum Gasteiger partial charge on any atom is 0.272 e. The number of halogens is 1. The van der Waals surface area contributed by atoms with Crippen LogP contribution < -0.4 is 5.32 Å². The molecule has 0 aliphatic rings. The van der Waals surface area contributed by atoms with Crippen molar-refractivity contribution in [1.29, 1.82) is 5.26 Å². The highest BCUT2D eigenvalue weighted by Crippen LogP contribution is 2.35. The molecular weight excluding hydrogens is 346 g/mol. The van der Waals surface area contributed by atoms with Gasteiger partial charge in [-0.15, -0.1) is 10.2 Å². The van der Waals surface area contributed by atoms with Gasteiger partial charge in [0.05, 0.1) is 21.2 Å². The van der Waals surface area contributed by atoms with E-state index in [1.54, 1.807) is 19.2 Å². The number of rotatable bonds is 6. The SMILES string of the molecule is CNc1cc(CCO)ccc1N=Nc1c(Cl)cc([N+](=O)[O-])cc1C#N. The first kappa shape index (κ1) is 18.3. The van der Waals surface area contributed by atoms with Gasteiger partial charge in [-0.25, -0.2) is 0 Å². The number of hydrogen-bond donors (Lipinski definition) is 2. The van der Waals surface area contributed by atoms with Crippen molar-refractivity contribution in [2.24, 2.45) is 10.2 Å². The third-order valence-electron chi connectivity index (χ3n) is 3.37. The van der Waals surface area contributed by atoms with Crippen LogP contribution in [0.3, 0.4) is 0 Å². The fourth-order valence-electron chi connectivity index (χ4n) is 2.14. The highest BCUT2D eigenvalue weighted by molar-refractivity contribution is 6.33. The maximum atomic E-state index is 10.8. The lowest BCUT2D eigenvalue weighted by molar-refractivity contribution is -0.384. The van der Waals surface area contributed by atoms with E-state index in [-0.39, 0.29) is 28.6 Å². The van der Waals surface area contributed by atoms with Gasteiger partial charge in [-0.1, -0.05) is 17.7 Å². The molecule has 8 nitrogen and oxygen atoms in total. The lowest BCUT2D eigenvalue weighted by atomic mass is 10.1. The normalized spacial score (nSPS) is 10.6. The van der Waals surface area contributed by atoms with Crippen LogP contribution in [0.15, 0.2) is 40.6 Å². The van der Waals surface area contributed by atoms with E-state index >= 15 is 0 Å². The predicted molar refractivity (Wildman–Crippen MR) is 93.8 cm³/mol. The number of anilines is 1. The van der Waals surface area contributed by atoms with Crippen LogP contribution in [0.1, 0.15) is 11.1 Å². The lowest BCUT2D eigenvalue weighted by Gasteiger charge is -2.07. The Labute approximate surface area is 148 Å². The second-order valence-electron chi connectivity index (χ2n) is 4.97. The summed E-state index contributed by atoms with van der Waals surface area (Å²) in [7, 11) is 1.72. The summed E-state index contributed by atoms with van der Waals surface area (Å²) in [6.45, 7) is 0.0357. The van der Waals surface area contributed by atoms with E-state index in [1.807, 2.05) is 12.1 Å². The third-order valence-corrected chi connectivity index (χ3v) is 3.66. The maximum absolute atomic E-state index is 10.8. The fourth-order valence-corrected chi connectivity index (χ4v) is 2.39. The minimum Gasteiger partial charge on any atom is -0.396 e. The molecule has 0 heterocycles. The van der Waals surface area contributed by atoms with E-state index in [0.717, 1.165) is 17.7 Å². The Bertz CT molecular complexity index is 877. The van der Waals surface area contributed by atoms with Gasteiger partial charge in [-0.2, -0.15) is 5.26 Å². The Kier molecular flexibility index (Phi) is 6.00. The number of nitro groups is 1. The molecule has 0 unspecified atom stereocenters. The number of hydrogen-bond acceptors (Lipinski definition) is 7. The number of azo groups is 1. The Morgan fingerprint density at radius 2 is 2.12 bits per heavy atom. The molecule has 0 aliphatic heterocycles. The minimum atomic E-state index is -0.632. The standard InChI is InChI=1S/C16H14ClN5O3/c1-19-15-6-10(4-5-23)2-3-14(15)20-21-16-11(9-18)7-12(22(24)25)8-13(16)17/h2-3,6-8,19,23H,4-5H2,1H3. The minimum absolute atomic E-state index is 0.0302. The molecule has 128 valence electrons. The summed E-state index contributed by atoms with van der Waals surface area (Å²) >= 11 is 6.01. The monoisotopic (exact) mass is 359 g/mol. The molecule has 2 aromatic carbocycles. The molecular formula is C16H14ClN5O3. The van der Waals surface area contributed by atoms with Gasteiger partial charge in [0.1, 0.15) is 17.4 Å². The Morgan fingerprint density at radius 1 is 1.36 bits per heavy atom. The van der Waals surface area contributed by atoms with Crippen LogP contribution in [0.4, 0.5) is 22.7 Å². The molecule has 2 N–H and O–H groups in total. The van der Waals surface area contributed by atoms with Crippen molar-refractivity contribution < 1.29 is 10.0 Å². The van der Waals surface area contributed by atoms with Crippen LogP contribution in [0, 0.1) is 21.4 Å². The quantitative estimate of drug-likeness (QED) is 0.456. The predicted octanol–water partition coefficient (Wildman–Crippen LogP) is 4.11. The second-order valence-corrected chi connectivity index (χ2v) is 5.37. The summed E-state index contributed by atoms with van der Waals surface area (Å²) in [6.07, 6.45) is 0.513. The van der Waals surface area contributed by atoms with Crippen LogP contribution in [0.25, 0.3) is 0 Å². The summed E-state index contributed by atoms with van der Waals surface area (Å²) in [5.41, 5.74) is 1.86. The molecule has 0 atom stereocenters. The van der Waals surface area contributed by atoms with Gasteiger partial charge >= 0.3 is 0 Å². The number of non-ortho nitro benzene ring substituents is 1. The number of aliphatic hydroxyl groups is 1.